The summed E-state index contributed by atoms with van der Waals surface area (Å²) in [7, 11) is 3.30. The molecule has 1 saturated heterocycles. The van der Waals surface area contributed by atoms with Crippen LogP contribution in [0.2, 0.25) is 0 Å². The van der Waals surface area contributed by atoms with E-state index in [4.69, 9.17) is 4.74 Å². The largest absolute Gasteiger partial charge is 0.497 e. The Balaban J connectivity index is 1.99. The lowest BCUT2D eigenvalue weighted by molar-refractivity contribution is -0.123. The quantitative estimate of drug-likeness (QED) is 0.853. The van der Waals surface area contributed by atoms with E-state index in [1.54, 1.807) is 14.2 Å². The predicted octanol–water partition coefficient (Wildman–Crippen LogP) is 1.09. The number of methoxy groups -OCH3 is 1. The van der Waals surface area contributed by atoms with Crippen molar-refractivity contribution in [3.05, 3.63) is 29.8 Å². The molecule has 0 aliphatic carbocycles. The lowest BCUT2D eigenvalue weighted by atomic mass is 9.93. The van der Waals surface area contributed by atoms with Crippen LogP contribution in [0.4, 0.5) is 0 Å². The molecule has 1 atom stereocenters. The molecule has 2 N–H and O–H groups in total. The van der Waals surface area contributed by atoms with E-state index in [2.05, 4.69) is 15.6 Å². The average Bonchev–Trinajstić information content (AvgIpc) is 2.73. The number of nitrogens with zero attached hydrogens (tertiary/aromatic N) is 1. The Labute approximate surface area is 113 Å². The van der Waals surface area contributed by atoms with Gasteiger partial charge in [-0.3, -0.25) is 15.1 Å². The summed E-state index contributed by atoms with van der Waals surface area (Å²) in [5, 5.41) is 5.85. The standard InChI is InChI=1S/C14H19N3O2/c1-14(12(18)16-13(15-2)17-14)9-8-10-4-6-11(19-3)7-5-10/h4-7H,8-9H2,1-3H3,(H2,15,16,17,18). The molecule has 0 radical (unpaired) electrons. The maximum absolute atomic E-state index is 11.9. The van der Waals surface area contributed by atoms with Crippen LogP contribution in [0, 0.1) is 0 Å². The number of hydrogen-bond donors (Lipinski definition) is 2. The highest BCUT2D eigenvalue weighted by molar-refractivity contribution is 6.08. The fourth-order valence-corrected chi connectivity index (χ4v) is 2.07. The van der Waals surface area contributed by atoms with E-state index in [0.717, 1.165) is 12.2 Å². The number of aryl methyl sites for hydroxylation is 1. The summed E-state index contributed by atoms with van der Waals surface area (Å²) in [4.78, 5) is 15.9. The van der Waals surface area contributed by atoms with E-state index in [1.165, 1.54) is 5.56 Å². The molecule has 1 aromatic carbocycles. The van der Waals surface area contributed by atoms with E-state index in [9.17, 15) is 4.79 Å². The van der Waals surface area contributed by atoms with Crippen molar-refractivity contribution in [3.63, 3.8) is 0 Å². The molecule has 102 valence electrons. The van der Waals surface area contributed by atoms with Crippen molar-refractivity contribution >= 4 is 11.9 Å². The van der Waals surface area contributed by atoms with Crippen LogP contribution in [-0.2, 0) is 11.2 Å². The summed E-state index contributed by atoms with van der Waals surface area (Å²) in [5.74, 6) is 1.36. The van der Waals surface area contributed by atoms with Gasteiger partial charge in [-0.1, -0.05) is 12.1 Å². The SMILES string of the molecule is CN=C1NC(=O)C(C)(CCc2ccc(OC)cc2)N1. The van der Waals surface area contributed by atoms with Crippen molar-refractivity contribution in [1.82, 2.24) is 10.6 Å². The van der Waals surface area contributed by atoms with E-state index >= 15 is 0 Å². The van der Waals surface area contributed by atoms with E-state index in [1.807, 2.05) is 31.2 Å². The molecule has 1 aliphatic rings. The van der Waals surface area contributed by atoms with E-state index < -0.39 is 5.54 Å². The topological polar surface area (TPSA) is 62.7 Å². The normalized spacial score (nSPS) is 24.2. The number of guanidine groups is 1. The molecule has 0 bridgehead atoms. The first-order valence-electron chi connectivity index (χ1n) is 6.27. The molecule has 0 aromatic heterocycles. The smallest absolute Gasteiger partial charge is 0.252 e. The summed E-state index contributed by atoms with van der Waals surface area (Å²) >= 11 is 0. The Kier molecular flexibility index (Phi) is 3.74. The predicted molar refractivity (Wildman–Crippen MR) is 74.4 cm³/mol. The molecule has 1 unspecified atom stereocenters. The maximum atomic E-state index is 11.9. The Bertz CT molecular complexity index is 496. The zero-order valence-corrected chi connectivity index (χ0v) is 11.5. The lowest BCUT2D eigenvalue weighted by Gasteiger charge is -2.20. The van der Waals surface area contributed by atoms with Crippen LogP contribution >= 0.6 is 0 Å². The Morgan fingerprint density at radius 3 is 2.53 bits per heavy atom. The Morgan fingerprint density at radius 2 is 2.00 bits per heavy atom. The molecule has 1 amide bonds. The van der Waals surface area contributed by atoms with Crippen LogP contribution in [0.1, 0.15) is 18.9 Å². The van der Waals surface area contributed by atoms with Gasteiger partial charge in [0.15, 0.2) is 5.96 Å². The van der Waals surface area contributed by atoms with Crippen molar-refractivity contribution in [2.24, 2.45) is 4.99 Å². The second kappa shape index (κ2) is 5.30. The Morgan fingerprint density at radius 1 is 1.32 bits per heavy atom. The van der Waals surface area contributed by atoms with Gasteiger partial charge >= 0.3 is 0 Å². The summed E-state index contributed by atoms with van der Waals surface area (Å²) in [5.41, 5.74) is 0.591. The van der Waals surface area contributed by atoms with Crippen molar-refractivity contribution in [2.45, 2.75) is 25.3 Å². The highest BCUT2D eigenvalue weighted by Crippen LogP contribution is 2.19. The summed E-state index contributed by atoms with van der Waals surface area (Å²) < 4.78 is 5.12. The first-order chi connectivity index (χ1) is 9.07. The van der Waals surface area contributed by atoms with Gasteiger partial charge in [-0.25, -0.2) is 0 Å². The third-order valence-electron chi connectivity index (χ3n) is 3.42. The second-order valence-electron chi connectivity index (χ2n) is 4.83. The van der Waals surface area contributed by atoms with Crippen molar-refractivity contribution in [2.75, 3.05) is 14.2 Å². The molecule has 5 nitrogen and oxygen atoms in total. The second-order valence-corrected chi connectivity index (χ2v) is 4.83. The van der Waals surface area contributed by atoms with Crippen LogP contribution in [0.5, 0.6) is 5.75 Å². The van der Waals surface area contributed by atoms with Crippen molar-refractivity contribution in [3.8, 4) is 5.75 Å². The van der Waals surface area contributed by atoms with Crippen LogP contribution in [0.15, 0.2) is 29.3 Å². The number of ether oxygens (including phenoxy) is 1. The third kappa shape index (κ3) is 2.86. The molecule has 1 heterocycles. The van der Waals surface area contributed by atoms with Gasteiger partial charge in [0.05, 0.1) is 7.11 Å². The van der Waals surface area contributed by atoms with Crippen LogP contribution < -0.4 is 15.4 Å². The third-order valence-corrected chi connectivity index (χ3v) is 3.42. The zero-order valence-electron chi connectivity index (χ0n) is 11.5. The molecule has 0 spiro atoms. The summed E-state index contributed by atoms with van der Waals surface area (Å²) in [6, 6.07) is 7.89. The zero-order chi connectivity index (χ0) is 13.9. The molecular formula is C14H19N3O2. The summed E-state index contributed by atoms with van der Waals surface area (Å²) in [6.07, 6.45) is 1.53. The van der Waals surface area contributed by atoms with Gasteiger partial charge in [0.2, 0.25) is 0 Å². The fourth-order valence-electron chi connectivity index (χ4n) is 2.07. The van der Waals surface area contributed by atoms with Crippen molar-refractivity contribution < 1.29 is 9.53 Å². The van der Waals surface area contributed by atoms with Gasteiger partial charge < -0.3 is 10.1 Å². The van der Waals surface area contributed by atoms with E-state index in [0.29, 0.717) is 12.4 Å². The highest BCUT2D eigenvalue weighted by Gasteiger charge is 2.39. The number of rotatable bonds is 4. The molecule has 1 aliphatic heterocycles. The van der Waals surface area contributed by atoms with Gasteiger partial charge in [0.1, 0.15) is 11.3 Å². The number of carbonyl (C=O) groups is 1. The lowest BCUT2D eigenvalue weighted by Crippen LogP contribution is -2.44. The number of hydrogen-bond acceptors (Lipinski definition) is 3. The monoisotopic (exact) mass is 261 g/mol. The first-order valence-corrected chi connectivity index (χ1v) is 6.27. The van der Waals surface area contributed by atoms with Gasteiger partial charge in [-0.05, 0) is 37.5 Å². The molecule has 1 fully saturated rings. The Hall–Kier alpha value is -2.04. The maximum Gasteiger partial charge on any atom is 0.252 e. The van der Waals surface area contributed by atoms with Crippen LogP contribution in [0.3, 0.4) is 0 Å². The molecule has 2 rings (SSSR count). The minimum Gasteiger partial charge on any atom is -0.497 e. The van der Waals surface area contributed by atoms with Gasteiger partial charge in [-0.2, -0.15) is 0 Å². The number of nitrogens with one attached hydrogen (secondary N) is 2. The van der Waals surface area contributed by atoms with Crippen LogP contribution in [-0.4, -0.2) is 31.6 Å². The molecule has 5 heteroatoms. The number of benzene rings is 1. The number of amides is 1. The first kappa shape index (κ1) is 13.4. The van der Waals surface area contributed by atoms with Gasteiger partial charge in [0.25, 0.3) is 5.91 Å². The average molecular weight is 261 g/mol. The molecule has 0 saturated carbocycles. The number of carbonyl (C=O) groups excluding carboxylic acids is 1. The van der Waals surface area contributed by atoms with E-state index in [-0.39, 0.29) is 5.91 Å². The molecule has 19 heavy (non-hydrogen) atoms. The minimum absolute atomic E-state index is 0.0263. The van der Waals surface area contributed by atoms with Crippen LogP contribution in [0.25, 0.3) is 0 Å². The van der Waals surface area contributed by atoms with Crippen molar-refractivity contribution in [1.29, 1.82) is 0 Å². The summed E-state index contributed by atoms with van der Waals surface area (Å²) in [6.45, 7) is 1.89. The van der Waals surface area contributed by atoms with Gasteiger partial charge in [-0.15, -0.1) is 0 Å². The highest BCUT2D eigenvalue weighted by atomic mass is 16.5. The number of aliphatic imine (C=N–C) groups is 1. The fraction of sp³-hybridized carbons (Fsp3) is 0.429. The molecule has 1 aromatic rings. The molecular weight excluding hydrogens is 242 g/mol. The van der Waals surface area contributed by atoms with Gasteiger partial charge in [0, 0.05) is 7.05 Å². The minimum atomic E-state index is -0.589.